The first kappa shape index (κ1) is 10.1. The second-order valence-corrected chi connectivity index (χ2v) is 3.84. The highest BCUT2D eigenvalue weighted by Crippen LogP contribution is 2.28. The first-order valence-corrected chi connectivity index (χ1v) is 5.29. The number of carbonyl (C=O) groups is 1. The molecule has 0 saturated heterocycles. The number of aliphatic carboxylic acids is 1. The number of hydrogen-bond donors (Lipinski definition) is 1. The number of carboxylic acids is 1. The standard InChI is InChI=1S/C11H14N2O2/c1-2-7(11(14)15)10-8-4-3-5-9(8)12-6-13-10/h6-7H,2-5H2,1H3,(H,14,15). The van der Waals surface area contributed by atoms with E-state index >= 15 is 0 Å². The lowest BCUT2D eigenvalue weighted by Gasteiger charge is -2.12. The average Bonchev–Trinajstić information content (AvgIpc) is 2.66. The molecule has 4 nitrogen and oxygen atoms in total. The first-order valence-electron chi connectivity index (χ1n) is 5.29. The summed E-state index contributed by atoms with van der Waals surface area (Å²) in [5, 5.41) is 9.10. The van der Waals surface area contributed by atoms with Crippen molar-refractivity contribution in [1.82, 2.24) is 9.97 Å². The predicted octanol–water partition coefficient (Wildman–Crippen LogP) is 1.54. The molecule has 0 amide bonds. The van der Waals surface area contributed by atoms with Gasteiger partial charge in [0, 0.05) is 5.69 Å². The molecule has 1 aromatic heterocycles. The molecule has 0 spiro atoms. The Morgan fingerprint density at radius 3 is 3.00 bits per heavy atom. The van der Waals surface area contributed by atoms with Gasteiger partial charge in [-0.15, -0.1) is 0 Å². The molecule has 0 radical (unpaired) electrons. The Morgan fingerprint density at radius 2 is 2.33 bits per heavy atom. The van der Waals surface area contributed by atoms with E-state index in [-0.39, 0.29) is 0 Å². The van der Waals surface area contributed by atoms with Crippen LogP contribution in [0, 0.1) is 0 Å². The molecular weight excluding hydrogens is 192 g/mol. The monoisotopic (exact) mass is 206 g/mol. The molecular formula is C11H14N2O2. The van der Waals surface area contributed by atoms with Gasteiger partial charge >= 0.3 is 5.97 Å². The molecule has 1 N–H and O–H groups in total. The minimum Gasteiger partial charge on any atom is -0.481 e. The van der Waals surface area contributed by atoms with Crippen LogP contribution in [0.15, 0.2) is 6.33 Å². The first-order chi connectivity index (χ1) is 7.24. The van der Waals surface area contributed by atoms with Crippen LogP contribution in [-0.4, -0.2) is 21.0 Å². The van der Waals surface area contributed by atoms with Gasteiger partial charge in [-0.3, -0.25) is 4.79 Å². The molecule has 1 heterocycles. The molecule has 15 heavy (non-hydrogen) atoms. The molecule has 1 unspecified atom stereocenters. The maximum atomic E-state index is 11.1. The van der Waals surface area contributed by atoms with Crippen LogP contribution in [0.3, 0.4) is 0 Å². The zero-order chi connectivity index (χ0) is 10.8. The lowest BCUT2D eigenvalue weighted by molar-refractivity contribution is -0.139. The van der Waals surface area contributed by atoms with Gasteiger partial charge in [0.15, 0.2) is 0 Å². The smallest absolute Gasteiger partial charge is 0.312 e. The summed E-state index contributed by atoms with van der Waals surface area (Å²) in [6.45, 7) is 1.88. The van der Waals surface area contributed by atoms with Gasteiger partial charge in [0.05, 0.1) is 11.6 Å². The highest BCUT2D eigenvalue weighted by atomic mass is 16.4. The Bertz CT molecular complexity index is 390. The normalized spacial score (nSPS) is 16.1. The fraction of sp³-hybridized carbons (Fsp3) is 0.545. The van der Waals surface area contributed by atoms with E-state index in [2.05, 4.69) is 9.97 Å². The van der Waals surface area contributed by atoms with Crippen LogP contribution in [0.5, 0.6) is 0 Å². The van der Waals surface area contributed by atoms with Crippen LogP contribution < -0.4 is 0 Å². The summed E-state index contributed by atoms with van der Waals surface area (Å²) in [6, 6.07) is 0. The molecule has 2 rings (SSSR count). The van der Waals surface area contributed by atoms with Crippen molar-refractivity contribution in [1.29, 1.82) is 0 Å². The average molecular weight is 206 g/mol. The maximum absolute atomic E-state index is 11.1. The van der Waals surface area contributed by atoms with Gasteiger partial charge in [0.1, 0.15) is 6.33 Å². The van der Waals surface area contributed by atoms with Gasteiger partial charge in [-0.05, 0) is 31.2 Å². The molecule has 1 atom stereocenters. The van der Waals surface area contributed by atoms with Gasteiger partial charge in [-0.25, -0.2) is 9.97 Å². The summed E-state index contributed by atoms with van der Waals surface area (Å²) < 4.78 is 0. The maximum Gasteiger partial charge on any atom is 0.312 e. The Morgan fingerprint density at radius 1 is 1.53 bits per heavy atom. The molecule has 80 valence electrons. The highest BCUT2D eigenvalue weighted by molar-refractivity contribution is 5.76. The highest BCUT2D eigenvalue weighted by Gasteiger charge is 2.26. The van der Waals surface area contributed by atoms with E-state index in [1.807, 2.05) is 6.92 Å². The third-order valence-electron chi connectivity index (χ3n) is 2.94. The van der Waals surface area contributed by atoms with Crippen molar-refractivity contribution in [2.75, 3.05) is 0 Å². The Hall–Kier alpha value is -1.45. The third kappa shape index (κ3) is 1.71. The fourth-order valence-electron chi connectivity index (χ4n) is 2.17. The molecule has 4 heteroatoms. The lowest BCUT2D eigenvalue weighted by atomic mass is 9.97. The van der Waals surface area contributed by atoms with Gasteiger partial charge in [0.25, 0.3) is 0 Å². The van der Waals surface area contributed by atoms with E-state index in [9.17, 15) is 4.79 Å². The number of carboxylic acid groups (broad SMARTS) is 1. The Balaban J connectivity index is 2.43. The molecule has 1 aromatic rings. The largest absolute Gasteiger partial charge is 0.481 e. The van der Waals surface area contributed by atoms with Crippen molar-refractivity contribution in [2.24, 2.45) is 0 Å². The zero-order valence-corrected chi connectivity index (χ0v) is 8.73. The van der Waals surface area contributed by atoms with E-state index in [0.717, 1.165) is 36.2 Å². The van der Waals surface area contributed by atoms with Crippen molar-refractivity contribution < 1.29 is 9.90 Å². The van der Waals surface area contributed by atoms with Crippen molar-refractivity contribution in [3.05, 3.63) is 23.3 Å². The summed E-state index contributed by atoms with van der Waals surface area (Å²) in [5.74, 6) is -1.26. The zero-order valence-electron chi connectivity index (χ0n) is 8.73. The molecule has 0 bridgehead atoms. The van der Waals surface area contributed by atoms with Gasteiger partial charge < -0.3 is 5.11 Å². The number of nitrogens with zero attached hydrogens (tertiary/aromatic N) is 2. The fourth-order valence-corrected chi connectivity index (χ4v) is 2.17. The van der Waals surface area contributed by atoms with E-state index in [0.29, 0.717) is 6.42 Å². The van der Waals surface area contributed by atoms with Crippen LogP contribution in [0.1, 0.15) is 42.6 Å². The molecule has 0 aromatic carbocycles. The third-order valence-corrected chi connectivity index (χ3v) is 2.94. The second kappa shape index (κ2) is 3.96. The second-order valence-electron chi connectivity index (χ2n) is 3.84. The Kier molecular flexibility index (Phi) is 2.66. The van der Waals surface area contributed by atoms with Crippen LogP contribution in [0.4, 0.5) is 0 Å². The minimum atomic E-state index is -0.787. The van der Waals surface area contributed by atoms with Gasteiger partial charge in [-0.2, -0.15) is 0 Å². The molecule has 1 aliphatic carbocycles. The SMILES string of the molecule is CCC(C(=O)O)c1ncnc2c1CCC2. The van der Waals surface area contributed by atoms with E-state index in [1.54, 1.807) is 0 Å². The summed E-state index contributed by atoms with van der Waals surface area (Å²) in [5.41, 5.74) is 2.85. The quantitative estimate of drug-likeness (QED) is 0.814. The Labute approximate surface area is 88.4 Å². The molecule has 0 saturated carbocycles. The minimum absolute atomic E-state index is 0.472. The topological polar surface area (TPSA) is 63.1 Å². The summed E-state index contributed by atoms with van der Waals surface area (Å²) in [6.07, 6.45) is 5.02. The lowest BCUT2D eigenvalue weighted by Crippen LogP contribution is -2.15. The van der Waals surface area contributed by atoms with Crippen LogP contribution >= 0.6 is 0 Å². The van der Waals surface area contributed by atoms with Crippen LogP contribution in [0.2, 0.25) is 0 Å². The number of fused-ring (bicyclic) bond motifs is 1. The van der Waals surface area contributed by atoms with Crippen molar-refractivity contribution in [3.8, 4) is 0 Å². The summed E-state index contributed by atoms with van der Waals surface area (Å²) in [4.78, 5) is 19.4. The van der Waals surface area contributed by atoms with Crippen LogP contribution in [0.25, 0.3) is 0 Å². The predicted molar refractivity (Wildman–Crippen MR) is 54.7 cm³/mol. The van der Waals surface area contributed by atoms with Crippen LogP contribution in [-0.2, 0) is 17.6 Å². The number of hydrogen-bond acceptors (Lipinski definition) is 3. The number of rotatable bonds is 3. The van der Waals surface area contributed by atoms with E-state index in [1.165, 1.54) is 6.33 Å². The number of aryl methyl sites for hydroxylation is 1. The van der Waals surface area contributed by atoms with Crippen molar-refractivity contribution in [3.63, 3.8) is 0 Å². The number of aromatic nitrogens is 2. The van der Waals surface area contributed by atoms with Gasteiger partial charge in [0.2, 0.25) is 0 Å². The van der Waals surface area contributed by atoms with E-state index in [4.69, 9.17) is 5.11 Å². The molecule has 0 fully saturated rings. The van der Waals surface area contributed by atoms with Gasteiger partial charge in [-0.1, -0.05) is 6.92 Å². The van der Waals surface area contributed by atoms with E-state index < -0.39 is 11.9 Å². The van der Waals surface area contributed by atoms with Crippen molar-refractivity contribution in [2.45, 2.75) is 38.5 Å². The molecule has 0 aliphatic heterocycles. The summed E-state index contributed by atoms with van der Waals surface area (Å²) in [7, 11) is 0. The van der Waals surface area contributed by atoms with Crippen molar-refractivity contribution >= 4 is 5.97 Å². The summed E-state index contributed by atoms with van der Waals surface area (Å²) >= 11 is 0. The molecule has 1 aliphatic rings.